The predicted octanol–water partition coefficient (Wildman–Crippen LogP) is 6.16. The third-order valence-electron chi connectivity index (χ3n) is 5.82. The smallest absolute Gasteiger partial charge is 0.282 e. The Morgan fingerprint density at radius 2 is 1.60 bits per heavy atom. The molecule has 35 heavy (non-hydrogen) atoms. The van der Waals surface area contributed by atoms with Crippen molar-refractivity contribution in [2.75, 3.05) is 16.8 Å². The van der Waals surface area contributed by atoms with Crippen LogP contribution in [0, 0.1) is 5.82 Å². The van der Waals surface area contributed by atoms with Crippen LogP contribution < -0.4 is 15.0 Å². The summed E-state index contributed by atoms with van der Waals surface area (Å²) >= 11 is 0. The van der Waals surface area contributed by atoms with Gasteiger partial charge >= 0.3 is 0 Å². The van der Waals surface area contributed by atoms with E-state index in [-0.39, 0.29) is 17.0 Å². The zero-order valence-electron chi connectivity index (χ0n) is 19.1. The maximum absolute atomic E-state index is 14.0. The zero-order chi connectivity index (χ0) is 24.4. The Bertz CT molecular complexity index is 1460. The fraction of sp³-hybridized carbons (Fsp3) is 0.103. The number of nitrogens with one attached hydrogen (secondary N) is 1. The van der Waals surface area contributed by atoms with Crippen LogP contribution in [0.2, 0.25) is 0 Å². The number of halogens is 1. The van der Waals surface area contributed by atoms with Crippen LogP contribution in [0.3, 0.4) is 0 Å². The number of carbonyl (C=O) groups is 2. The van der Waals surface area contributed by atoms with Gasteiger partial charge in [0, 0.05) is 11.1 Å². The molecule has 4 aromatic carbocycles. The fourth-order valence-corrected chi connectivity index (χ4v) is 4.17. The molecule has 2 amide bonds. The number of hydrogen-bond acceptors (Lipinski definition) is 4. The Balaban J connectivity index is 1.61. The van der Waals surface area contributed by atoms with Crippen LogP contribution in [-0.4, -0.2) is 18.4 Å². The van der Waals surface area contributed by atoms with E-state index in [2.05, 4.69) is 5.32 Å². The number of carbonyl (C=O) groups excluding carboxylic acids is 2. The van der Waals surface area contributed by atoms with Crippen LogP contribution in [0.25, 0.3) is 16.3 Å². The molecule has 0 saturated heterocycles. The van der Waals surface area contributed by atoms with E-state index in [0.29, 0.717) is 23.6 Å². The summed E-state index contributed by atoms with van der Waals surface area (Å²) in [5, 5.41) is 5.13. The number of amides is 2. The number of anilines is 2. The van der Waals surface area contributed by atoms with E-state index < -0.39 is 17.6 Å². The number of benzene rings is 4. The molecule has 1 aliphatic rings. The molecule has 5 nitrogen and oxygen atoms in total. The molecule has 5 rings (SSSR count). The van der Waals surface area contributed by atoms with E-state index >= 15 is 0 Å². The maximum atomic E-state index is 14.0. The molecule has 0 bridgehead atoms. The average Bonchev–Trinajstić information content (AvgIpc) is 3.12. The number of nitrogens with zero attached hydrogens (tertiary/aromatic N) is 1. The Morgan fingerprint density at radius 1 is 0.857 bits per heavy atom. The van der Waals surface area contributed by atoms with Gasteiger partial charge in [-0.25, -0.2) is 9.29 Å². The highest BCUT2D eigenvalue weighted by molar-refractivity contribution is 6.46. The third kappa shape index (κ3) is 4.26. The normalized spacial score (nSPS) is 13.6. The monoisotopic (exact) mass is 466 g/mol. The van der Waals surface area contributed by atoms with Gasteiger partial charge in [-0.05, 0) is 53.8 Å². The largest absolute Gasteiger partial charge is 0.494 e. The van der Waals surface area contributed by atoms with Crippen molar-refractivity contribution in [3.8, 4) is 5.75 Å². The van der Waals surface area contributed by atoms with Crippen LogP contribution >= 0.6 is 0 Å². The molecule has 0 atom stereocenters. The molecular formula is C29H23FN2O3. The van der Waals surface area contributed by atoms with Gasteiger partial charge in [-0.15, -0.1) is 0 Å². The molecule has 1 heterocycles. The van der Waals surface area contributed by atoms with E-state index in [1.807, 2.05) is 49.4 Å². The van der Waals surface area contributed by atoms with Gasteiger partial charge in [-0.3, -0.25) is 9.59 Å². The van der Waals surface area contributed by atoms with Gasteiger partial charge in [-0.2, -0.15) is 0 Å². The van der Waals surface area contributed by atoms with Crippen LogP contribution in [0.5, 0.6) is 5.75 Å². The maximum Gasteiger partial charge on any atom is 0.282 e. The number of fused-ring (bicyclic) bond motifs is 1. The minimum Gasteiger partial charge on any atom is -0.494 e. The van der Waals surface area contributed by atoms with E-state index in [9.17, 15) is 14.0 Å². The molecule has 0 spiro atoms. The summed E-state index contributed by atoms with van der Waals surface area (Å²) in [6, 6.07) is 26.0. The van der Waals surface area contributed by atoms with Gasteiger partial charge in [0.1, 0.15) is 17.3 Å². The first-order chi connectivity index (χ1) is 17.1. The van der Waals surface area contributed by atoms with Gasteiger partial charge in [0.15, 0.2) is 0 Å². The second-order valence-corrected chi connectivity index (χ2v) is 8.20. The zero-order valence-corrected chi connectivity index (χ0v) is 19.1. The lowest BCUT2D eigenvalue weighted by Crippen LogP contribution is -2.32. The van der Waals surface area contributed by atoms with Gasteiger partial charge in [0.25, 0.3) is 11.8 Å². The standard InChI is InChI=1S/C29H23FN2O3/c1-2-17-35-23-15-13-20(14-16-23)26-27(31-25-12-5-8-19-7-3-4-11-24(19)25)29(34)32(28(26)33)22-10-6-9-21(30)18-22/h3-16,18,31H,2,17H2,1H3. The van der Waals surface area contributed by atoms with Gasteiger partial charge < -0.3 is 10.1 Å². The number of hydrogen-bond donors (Lipinski definition) is 1. The number of imide groups is 1. The van der Waals surface area contributed by atoms with Crippen molar-refractivity contribution in [2.24, 2.45) is 0 Å². The lowest BCUT2D eigenvalue weighted by atomic mass is 10.0. The quantitative estimate of drug-likeness (QED) is 0.331. The molecule has 0 saturated carbocycles. The molecule has 0 aliphatic carbocycles. The fourth-order valence-electron chi connectivity index (χ4n) is 4.17. The Hall–Kier alpha value is -4.45. The van der Waals surface area contributed by atoms with Crippen LogP contribution in [0.1, 0.15) is 18.9 Å². The molecule has 4 aromatic rings. The lowest BCUT2D eigenvalue weighted by Gasteiger charge is -2.16. The second-order valence-electron chi connectivity index (χ2n) is 8.20. The first-order valence-electron chi connectivity index (χ1n) is 11.4. The Kier molecular flexibility index (Phi) is 6.02. The predicted molar refractivity (Wildman–Crippen MR) is 136 cm³/mol. The SMILES string of the molecule is CCCOc1ccc(C2=C(Nc3cccc4ccccc34)C(=O)N(c3cccc(F)c3)C2=O)cc1. The number of rotatable bonds is 7. The second kappa shape index (κ2) is 9.43. The van der Waals surface area contributed by atoms with Gasteiger partial charge in [0.2, 0.25) is 0 Å². The van der Waals surface area contributed by atoms with Crippen molar-refractivity contribution in [1.82, 2.24) is 0 Å². The summed E-state index contributed by atoms with van der Waals surface area (Å²) < 4.78 is 19.6. The molecule has 1 aliphatic heterocycles. The van der Waals surface area contributed by atoms with Crippen molar-refractivity contribution in [1.29, 1.82) is 0 Å². The summed E-state index contributed by atoms with van der Waals surface area (Å²) in [5.74, 6) is -0.920. The van der Waals surface area contributed by atoms with E-state index in [4.69, 9.17) is 4.74 Å². The van der Waals surface area contributed by atoms with E-state index in [0.717, 1.165) is 22.1 Å². The topological polar surface area (TPSA) is 58.6 Å². The van der Waals surface area contributed by atoms with Crippen molar-refractivity contribution < 1.29 is 18.7 Å². The van der Waals surface area contributed by atoms with Crippen molar-refractivity contribution in [2.45, 2.75) is 13.3 Å². The van der Waals surface area contributed by atoms with Crippen molar-refractivity contribution in [3.63, 3.8) is 0 Å². The van der Waals surface area contributed by atoms with Crippen molar-refractivity contribution in [3.05, 3.63) is 108 Å². The van der Waals surface area contributed by atoms with E-state index in [1.165, 1.54) is 18.2 Å². The third-order valence-corrected chi connectivity index (χ3v) is 5.82. The minimum atomic E-state index is -0.546. The molecule has 0 fully saturated rings. The van der Waals surface area contributed by atoms with Crippen LogP contribution in [-0.2, 0) is 9.59 Å². The summed E-state index contributed by atoms with van der Waals surface area (Å²) in [6.07, 6.45) is 0.877. The highest BCUT2D eigenvalue weighted by Crippen LogP contribution is 2.35. The molecule has 0 unspecified atom stereocenters. The lowest BCUT2D eigenvalue weighted by molar-refractivity contribution is -0.120. The highest BCUT2D eigenvalue weighted by Gasteiger charge is 2.40. The molecule has 0 radical (unpaired) electrons. The summed E-state index contributed by atoms with van der Waals surface area (Å²) in [5.41, 5.74) is 1.79. The summed E-state index contributed by atoms with van der Waals surface area (Å²) in [7, 11) is 0. The molecule has 1 N–H and O–H groups in total. The first kappa shape index (κ1) is 22.3. The van der Waals surface area contributed by atoms with E-state index in [1.54, 1.807) is 30.3 Å². The molecular weight excluding hydrogens is 443 g/mol. The van der Waals surface area contributed by atoms with Gasteiger partial charge in [0.05, 0.1) is 17.9 Å². The molecule has 174 valence electrons. The molecule has 6 heteroatoms. The highest BCUT2D eigenvalue weighted by atomic mass is 19.1. The Morgan fingerprint density at radius 3 is 2.37 bits per heavy atom. The summed E-state index contributed by atoms with van der Waals surface area (Å²) in [6.45, 7) is 2.61. The minimum absolute atomic E-state index is 0.137. The van der Waals surface area contributed by atoms with Crippen LogP contribution in [0.4, 0.5) is 15.8 Å². The molecule has 0 aromatic heterocycles. The Labute approximate surface area is 202 Å². The van der Waals surface area contributed by atoms with Crippen molar-refractivity contribution >= 4 is 39.5 Å². The summed E-state index contributed by atoms with van der Waals surface area (Å²) in [4.78, 5) is 28.2. The van der Waals surface area contributed by atoms with Gasteiger partial charge in [-0.1, -0.05) is 61.5 Å². The number of ether oxygens (including phenoxy) is 1. The first-order valence-corrected chi connectivity index (χ1v) is 11.4. The van der Waals surface area contributed by atoms with Crippen LogP contribution in [0.15, 0.2) is 96.7 Å². The average molecular weight is 467 g/mol.